The van der Waals surface area contributed by atoms with E-state index in [4.69, 9.17) is 4.98 Å². The van der Waals surface area contributed by atoms with Gasteiger partial charge in [0.15, 0.2) is 5.82 Å². The van der Waals surface area contributed by atoms with Gasteiger partial charge in [0.05, 0.1) is 16.1 Å². The average molecular weight is 478 g/mol. The first-order chi connectivity index (χ1) is 16.5. The van der Waals surface area contributed by atoms with Gasteiger partial charge >= 0.3 is 0 Å². The van der Waals surface area contributed by atoms with Crippen LogP contribution < -0.4 is 9.62 Å². The van der Waals surface area contributed by atoms with Gasteiger partial charge in [0.2, 0.25) is 10.0 Å². The number of halogens is 1. The maximum Gasteiger partial charge on any atom is 0.240 e. The van der Waals surface area contributed by atoms with Crippen molar-refractivity contribution >= 4 is 26.9 Å². The van der Waals surface area contributed by atoms with Gasteiger partial charge in [-0.3, -0.25) is 0 Å². The Morgan fingerprint density at radius 3 is 2.56 bits per heavy atom. The molecule has 7 nitrogen and oxygen atoms in total. The summed E-state index contributed by atoms with van der Waals surface area (Å²) in [4.78, 5) is 15.7. The number of aromatic nitrogens is 3. The van der Waals surface area contributed by atoms with Crippen LogP contribution in [0, 0.1) is 0 Å². The zero-order valence-corrected chi connectivity index (χ0v) is 19.2. The fraction of sp³-hybridized carbons (Fsp3) is 0.240. The fourth-order valence-electron chi connectivity index (χ4n) is 4.06. The summed E-state index contributed by atoms with van der Waals surface area (Å²) in [5.41, 5.74) is 3.46. The van der Waals surface area contributed by atoms with Crippen molar-refractivity contribution in [2.24, 2.45) is 0 Å². The third kappa shape index (κ3) is 4.76. The lowest BCUT2D eigenvalue weighted by Gasteiger charge is -2.29. The molecule has 1 fully saturated rings. The molecule has 0 spiro atoms. The number of benzene rings is 2. The Morgan fingerprint density at radius 2 is 1.76 bits per heavy atom. The minimum absolute atomic E-state index is 0.164. The molecule has 0 atom stereocenters. The number of sulfonamides is 1. The first kappa shape index (κ1) is 22.4. The molecule has 0 aliphatic carbocycles. The fourth-order valence-corrected chi connectivity index (χ4v) is 5.12. The van der Waals surface area contributed by atoms with Crippen LogP contribution in [0.15, 0.2) is 78.0 Å². The van der Waals surface area contributed by atoms with E-state index in [9.17, 15) is 12.8 Å². The third-order valence-electron chi connectivity index (χ3n) is 5.94. The van der Waals surface area contributed by atoms with Gasteiger partial charge in [0.25, 0.3) is 0 Å². The molecular weight excluding hydrogens is 453 g/mol. The molecule has 2 aromatic carbocycles. The SMILES string of the molecule is O=S(=O)(NCc1ccccc1)c1cccc(-c2ccc3ncnc(N4CCC(F)CC4)c3n2)c1. The van der Waals surface area contributed by atoms with Crippen LogP contribution in [0.25, 0.3) is 22.3 Å². The second-order valence-corrected chi connectivity index (χ2v) is 10.0. The lowest BCUT2D eigenvalue weighted by Crippen LogP contribution is -2.35. The first-order valence-electron chi connectivity index (χ1n) is 11.1. The molecule has 2 aromatic heterocycles. The summed E-state index contributed by atoms with van der Waals surface area (Å²) < 4.78 is 42.1. The zero-order valence-electron chi connectivity index (χ0n) is 18.4. The molecule has 9 heteroatoms. The van der Waals surface area contributed by atoms with Crippen molar-refractivity contribution in [2.75, 3.05) is 18.0 Å². The Morgan fingerprint density at radius 1 is 0.971 bits per heavy atom. The number of nitrogens with one attached hydrogen (secondary N) is 1. The van der Waals surface area contributed by atoms with Gasteiger partial charge in [-0.25, -0.2) is 32.5 Å². The van der Waals surface area contributed by atoms with Crippen LogP contribution in [-0.4, -0.2) is 42.6 Å². The van der Waals surface area contributed by atoms with Gasteiger partial charge in [-0.15, -0.1) is 0 Å². The Kier molecular flexibility index (Phi) is 6.21. The van der Waals surface area contributed by atoms with Crippen LogP contribution in [0.4, 0.5) is 10.2 Å². The number of nitrogens with zero attached hydrogens (tertiary/aromatic N) is 4. The molecule has 1 aliphatic rings. The van der Waals surface area contributed by atoms with Crippen molar-refractivity contribution < 1.29 is 12.8 Å². The smallest absolute Gasteiger partial charge is 0.240 e. The van der Waals surface area contributed by atoms with E-state index in [2.05, 4.69) is 14.7 Å². The van der Waals surface area contributed by atoms with Gasteiger partial charge in [-0.1, -0.05) is 42.5 Å². The number of anilines is 1. The van der Waals surface area contributed by atoms with Crippen LogP contribution in [0.5, 0.6) is 0 Å². The third-order valence-corrected chi connectivity index (χ3v) is 7.33. The molecule has 0 amide bonds. The highest BCUT2D eigenvalue weighted by molar-refractivity contribution is 7.89. The molecule has 0 saturated carbocycles. The van der Waals surface area contributed by atoms with Gasteiger partial charge in [0, 0.05) is 25.2 Å². The highest BCUT2D eigenvalue weighted by atomic mass is 32.2. The zero-order chi connectivity index (χ0) is 23.5. The molecule has 1 aliphatic heterocycles. The molecule has 4 aromatic rings. The molecule has 174 valence electrons. The van der Waals surface area contributed by atoms with Crippen molar-refractivity contribution in [1.29, 1.82) is 0 Å². The van der Waals surface area contributed by atoms with Crippen molar-refractivity contribution in [3.8, 4) is 11.3 Å². The van der Waals surface area contributed by atoms with Gasteiger partial charge < -0.3 is 4.90 Å². The van der Waals surface area contributed by atoms with E-state index >= 15 is 0 Å². The second-order valence-electron chi connectivity index (χ2n) is 8.26. The Balaban J connectivity index is 1.45. The molecule has 0 bridgehead atoms. The van der Waals surface area contributed by atoms with Crippen molar-refractivity contribution in [2.45, 2.75) is 30.5 Å². The summed E-state index contributed by atoms with van der Waals surface area (Å²) in [5, 5.41) is 0. The van der Waals surface area contributed by atoms with Crippen LogP contribution >= 0.6 is 0 Å². The van der Waals surface area contributed by atoms with Crippen LogP contribution in [0.2, 0.25) is 0 Å². The minimum Gasteiger partial charge on any atom is -0.354 e. The summed E-state index contributed by atoms with van der Waals surface area (Å²) >= 11 is 0. The number of hydrogen-bond acceptors (Lipinski definition) is 6. The predicted octanol–water partition coefficient (Wildman–Crippen LogP) is 4.11. The lowest BCUT2D eigenvalue weighted by molar-refractivity contribution is 0.277. The standard InChI is InChI=1S/C25H24FN5O2S/c26-20-11-13-31(14-12-20)25-24-23(27-17-28-25)10-9-22(30-24)19-7-4-8-21(15-19)34(32,33)29-16-18-5-2-1-3-6-18/h1-10,15,17,20,29H,11-14,16H2. The maximum absolute atomic E-state index is 13.6. The highest BCUT2D eigenvalue weighted by Gasteiger charge is 2.22. The van der Waals surface area contributed by atoms with E-state index in [1.807, 2.05) is 53.4 Å². The van der Waals surface area contributed by atoms with Crippen LogP contribution in [0.3, 0.4) is 0 Å². The van der Waals surface area contributed by atoms with Gasteiger partial charge in [0.1, 0.15) is 18.0 Å². The molecule has 1 saturated heterocycles. The molecule has 0 unspecified atom stereocenters. The summed E-state index contributed by atoms with van der Waals surface area (Å²) in [6.45, 7) is 1.35. The molecule has 1 N–H and O–H groups in total. The molecule has 0 radical (unpaired) electrons. The predicted molar refractivity (Wildman–Crippen MR) is 130 cm³/mol. The van der Waals surface area contributed by atoms with E-state index in [0.29, 0.717) is 54.0 Å². The van der Waals surface area contributed by atoms with Gasteiger partial charge in [-0.05, 0) is 42.7 Å². The van der Waals surface area contributed by atoms with E-state index in [-0.39, 0.29) is 11.4 Å². The summed E-state index contributed by atoms with van der Waals surface area (Å²) in [7, 11) is -3.71. The van der Waals surface area contributed by atoms with Crippen LogP contribution in [-0.2, 0) is 16.6 Å². The lowest BCUT2D eigenvalue weighted by atomic mass is 10.1. The normalized spacial score (nSPS) is 15.0. The molecule has 3 heterocycles. The number of alkyl halides is 1. The number of piperidine rings is 1. The topological polar surface area (TPSA) is 88.1 Å². The summed E-state index contributed by atoms with van der Waals surface area (Å²) in [6, 6.07) is 19.7. The number of rotatable bonds is 6. The Labute approximate surface area is 197 Å². The van der Waals surface area contributed by atoms with E-state index in [1.54, 1.807) is 18.2 Å². The highest BCUT2D eigenvalue weighted by Crippen LogP contribution is 2.28. The van der Waals surface area contributed by atoms with Crippen molar-refractivity contribution in [3.63, 3.8) is 0 Å². The van der Waals surface area contributed by atoms with E-state index in [0.717, 1.165) is 5.56 Å². The summed E-state index contributed by atoms with van der Waals surface area (Å²) in [6.07, 6.45) is 1.63. The van der Waals surface area contributed by atoms with Crippen molar-refractivity contribution in [1.82, 2.24) is 19.7 Å². The molecular formula is C25H24FN5O2S. The second kappa shape index (κ2) is 9.44. The van der Waals surface area contributed by atoms with Crippen LogP contribution in [0.1, 0.15) is 18.4 Å². The van der Waals surface area contributed by atoms with Gasteiger partial charge in [-0.2, -0.15) is 0 Å². The number of pyridine rings is 1. The molecule has 5 rings (SSSR count). The average Bonchev–Trinajstić information content (AvgIpc) is 2.88. The minimum atomic E-state index is -3.71. The number of hydrogen-bond donors (Lipinski definition) is 1. The number of fused-ring (bicyclic) bond motifs is 1. The maximum atomic E-state index is 13.6. The summed E-state index contributed by atoms with van der Waals surface area (Å²) in [5.74, 6) is 0.673. The molecule has 34 heavy (non-hydrogen) atoms. The Bertz CT molecular complexity index is 1410. The first-order valence-corrected chi connectivity index (χ1v) is 12.6. The quantitative estimate of drug-likeness (QED) is 0.450. The van der Waals surface area contributed by atoms with E-state index in [1.165, 1.54) is 6.33 Å². The Hall–Kier alpha value is -3.43. The largest absolute Gasteiger partial charge is 0.354 e. The van der Waals surface area contributed by atoms with Crippen molar-refractivity contribution in [3.05, 3.63) is 78.6 Å². The monoisotopic (exact) mass is 477 g/mol. The van der Waals surface area contributed by atoms with E-state index < -0.39 is 16.2 Å².